The number of nitrogens with zero attached hydrogens (tertiary/aromatic N) is 1. The highest BCUT2D eigenvalue weighted by Crippen LogP contribution is 2.14. The minimum absolute atomic E-state index is 0.537. The monoisotopic (exact) mass is 235 g/mol. The molecule has 0 amide bonds. The Morgan fingerprint density at radius 1 is 1.06 bits per heavy atom. The van der Waals surface area contributed by atoms with Crippen LogP contribution in [-0.2, 0) is 9.59 Å². The summed E-state index contributed by atoms with van der Waals surface area (Å²) >= 11 is 0. The fourth-order valence-electron chi connectivity index (χ4n) is 1.25. The van der Waals surface area contributed by atoms with Crippen LogP contribution in [0.3, 0.4) is 0 Å². The van der Waals surface area contributed by atoms with Gasteiger partial charge in [0.05, 0.1) is 0 Å². The lowest BCUT2D eigenvalue weighted by molar-refractivity contribution is -0.139. The number of carbonyl (C=O) groups is 2. The Balaban J connectivity index is 3.05. The molecule has 0 aliphatic rings. The molecule has 0 saturated carbocycles. The largest absolute Gasteiger partial charge is 0.477 e. The second kappa shape index (κ2) is 5.16. The van der Waals surface area contributed by atoms with E-state index >= 15 is 0 Å². The fourth-order valence-corrected chi connectivity index (χ4v) is 1.25. The third-order valence-corrected chi connectivity index (χ3v) is 2.18. The summed E-state index contributed by atoms with van der Waals surface area (Å²) in [4.78, 5) is 23.2. The first-order valence-corrected chi connectivity index (χ1v) is 4.87. The van der Waals surface area contributed by atoms with E-state index < -0.39 is 17.5 Å². The maximum absolute atomic E-state index is 10.7. The quantitative estimate of drug-likeness (QED) is 0.467. The predicted octanol–water partition coefficient (Wildman–Crippen LogP) is 1.31. The molecule has 5 nitrogen and oxygen atoms in total. The van der Waals surface area contributed by atoms with Gasteiger partial charge in [-0.05, 0) is 23.8 Å². The Morgan fingerprint density at radius 2 is 1.53 bits per heavy atom. The minimum Gasteiger partial charge on any atom is -0.477 e. The molecule has 0 fully saturated rings. The van der Waals surface area contributed by atoms with Gasteiger partial charge >= 0.3 is 11.9 Å². The number of benzene rings is 1. The van der Waals surface area contributed by atoms with Crippen LogP contribution in [0.15, 0.2) is 29.8 Å². The summed E-state index contributed by atoms with van der Waals surface area (Å²) in [5.74, 6) is -2.90. The van der Waals surface area contributed by atoms with E-state index in [1.165, 1.54) is 0 Å². The van der Waals surface area contributed by atoms with Gasteiger partial charge in [0.15, 0.2) is 0 Å². The van der Waals surface area contributed by atoms with E-state index in [-0.39, 0.29) is 0 Å². The third kappa shape index (κ3) is 3.34. The normalized spacial score (nSPS) is 9.53. The number of hydrogen-bond acceptors (Lipinski definition) is 3. The van der Waals surface area contributed by atoms with E-state index in [2.05, 4.69) is 0 Å². The van der Waals surface area contributed by atoms with Crippen molar-refractivity contribution in [3.05, 3.63) is 35.4 Å². The van der Waals surface area contributed by atoms with E-state index in [0.29, 0.717) is 5.56 Å². The molecule has 0 unspecified atom stereocenters. The second-order valence-corrected chi connectivity index (χ2v) is 3.65. The fraction of sp³-hybridized carbons (Fsp3) is 0.167. The van der Waals surface area contributed by atoms with Gasteiger partial charge in [0.25, 0.3) is 0 Å². The highest BCUT2D eigenvalue weighted by Gasteiger charge is 2.15. The lowest BCUT2D eigenvalue weighted by Crippen LogP contribution is -2.11. The van der Waals surface area contributed by atoms with Gasteiger partial charge in [0, 0.05) is 19.8 Å². The van der Waals surface area contributed by atoms with Crippen LogP contribution in [0, 0.1) is 0 Å². The number of aliphatic carboxylic acids is 2. The molecule has 0 heterocycles. The van der Waals surface area contributed by atoms with Crippen LogP contribution in [-0.4, -0.2) is 36.2 Å². The van der Waals surface area contributed by atoms with Crippen molar-refractivity contribution in [1.82, 2.24) is 0 Å². The minimum atomic E-state index is -1.45. The summed E-state index contributed by atoms with van der Waals surface area (Å²) in [6.45, 7) is 0. The van der Waals surface area contributed by atoms with Crippen LogP contribution in [0.25, 0.3) is 6.08 Å². The zero-order valence-corrected chi connectivity index (χ0v) is 9.54. The zero-order valence-electron chi connectivity index (χ0n) is 9.54. The third-order valence-electron chi connectivity index (χ3n) is 2.18. The van der Waals surface area contributed by atoms with Crippen molar-refractivity contribution in [2.45, 2.75) is 0 Å². The average Bonchev–Trinajstić information content (AvgIpc) is 2.25. The van der Waals surface area contributed by atoms with Crippen molar-refractivity contribution in [2.75, 3.05) is 19.0 Å². The molecule has 0 aromatic heterocycles. The van der Waals surface area contributed by atoms with E-state index in [4.69, 9.17) is 10.2 Å². The maximum atomic E-state index is 10.7. The first-order valence-electron chi connectivity index (χ1n) is 4.87. The summed E-state index contributed by atoms with van der Waals surface area (Å²) in [6, 6.07) is 6.91. The number of anilines is 1. The summed E-state index contributed by atoms with van der Waals surface area (Å²) in [6.07, 6.45) is 1.13. The highest BCUT2D eigenvalue weighted by atomic mass is 16.4. The number of rotatable bonds is 4. The molecule has 0 saturated heterocycles. The number of carboxylic acid groups (broad SMARTS) is 2. The van der Waals surface area contributed by atoms with Crippen molar-refractivity contribution < 1.29 is 19.8 Å². The van der Waals surface area contributed by atoms with E-state index in [0.717, 1.165) is 11.8 Å². The van der Waals surface area contributed by atoms with Crippen LogP contribution in [0.5, 0.6) is 0 Å². The number of carboxylic acids is 2. The standard InChI is InChI=1S/C12H13NO4/c1-13(2)9-5-3-8(4-6-9)7-10(11(14)15)12(16)17/h3-7H,1-2H3,(H,14,15)(H,16,17). The van der Waals surface area contributed by atoms with E-state index in [9.17, 15) is 9.59 Å². The molecule has 0 spiro atoms. The Kier molecular flexibility index (Phi) is 3.87. The van der Waals surface area contributed by atoms with E-state index in [1.807, 2.05) is 19.0 Å². The van der Waals surface area contributed by atoms with E-state index in [1.54, 1.807) is 24.3 Å². The SMILES string of the molecule is CN(C)c1ccc(C=C(C(=O)O)C(=O)O)cc1. The molecule has 0 atom stereocenters. The summed E-state index contributed by atoms with van der Waals surface area (Å²) in [7, 11) is 3.76. The molecular weight excluding hydrogens is 222 g/mol. The smallest absolute Gasteiger partial charge is 0.343 e. The molecule has 90 valence electrons. The zero-order chi connectivity index (χ0) is 13.0. The molecule has 0 radical (unpaired) electrons. The molecule has 5 heteroatoms. The van der Waals surface area contributed by atoms with Gasteiger partial charge in [-0.1, -0.05) is 12.1 Å². The van der Waals surface area contributed by atoms with Crippen LogP contribution >= 0.6 is 0 Å². The average molecular weight is 235 g/mol. The Labute approximate surface area is 98.6 Å². The van der Waals surface area contributed by atoms with Gasteiger partial charge in [-0.15, -0.1) is 0 Å². The Morgan fingerprint density at radius 3 is 1.88 bits per heavy atom. The lowest BCUT2D eigenvalue weighted by Gasteiger charge is -2.11. The molecular formula is C12H13NO4. The van der Waals surface area contributed by atoms with Gasteiger partial charge in [-0.25, -0.2) is 9.59 Å². The summed E-state index contributed by atoms with van der Waals surface area (Å²) in [5, 5.41) is 17.4. The lowest BCUT2D eigenvalue weighted by atomic mass is 10.1. The molecule has 1 rings (SSSR count). The summed E-state index contributed by atoms with van der Waals surface area (Å²) in [5.41, 5.74) is 0.840. The highest BCUT2D eigenvalue weighted by molar-refractivity contribution is 6.16. The van der Waals surface area contributed by atoms with Gasteiger partial charge in [-0.3, -0.25) is 0 Å². The Bertz CT molecular complexity index is 444. The van der Waals surface area contributed by atoms with Crippen LogP contribution in [0.1, 0.15) is 5.56 Å². The molecule has 0 aliphatic heterocycles. The number of hydrogen-bond donors (Lipinski definition) is 2. The Hall–Kier alpha value is -2.30. The molecule has 0 aliphatic carbocycles. The first-order chi connectivity index (χ1) is 7.91. The van der Waals surface area contributed by atoms with Gasteiger partial charge in [-0.2, -0.15) is 0 Å². The van der Waals surface area contributed by atoms with Crippen molar-refractivity contribution in [3.8, 4) is 0 Å². The van der Waals surface area contributed by atoms with Crippen molar-refractivity contribution >= 4 is 23.7 Å². The molecule has 0 bridgehead atoms. The molecule has 1 aromatic rings. The van der Waals surface area contributed by atoms with Gasteiger partial charge in [0.1, 0.15) is 5.57 Å². The molecule has 2 N–H and O–H groups in total. The topological polar surface area (TPSA) is 77.8 Å². The van der Waals surface area contributed by atoms with Gasteiger partial charge < -0.3 is 15.1 Å². The van der Waals surface area contributed by atoms with Crippen molar-refractivity contribution in [2.24, 2.45) is 0 Å². The first kappa shape index (κ1) is 12.8. The van der Waals surface area contributed by atoms with Crippen molar-refractivity contribution in [3.63, 3.8) is 0 Å². The maximum Gasteiger partial charge on any atom is 0.343 e. The second-order valence-electron chi connectivity index (χ2n) is 3.65. The van der Waals surface area contributed by atoms with Gasteiger partial charge in [0.2, 0.25) is 0 Å². The summed E-state index contributed by atoms with van der Waals surface area (Å²) < 4.78 is 0. The molecule has 1 aromatic carbocycles. The van der Waals surface area contributed by atoms with Crippen LogP contribution in [0.2, 0.25) is 0 Å². The van der Waals surface area contributed by atoms with Crippen molar-refractivity contribution in [1.29, 1.82) is 0 Å². The predicted molar refractivity (Wildman–Crippen MR) is 64.0 cm³/mol. The van der Waals surface area contributed by atoms with Crippen LogP contribution in [0.4, 0.5) is 5.69 Å². The van der Waals surface area contributed by atoms with Crippen LogP contribution < -0.4 is 4.90 Å². The molecule has 17 heavy (non-hydrogen) atoms.